The van der Waals surface area contributed by atoms with Crippen molar-refractivity contribution in [3.05, 3.63) is 35.9 Å². The summed E-state index contributed by atoms with van der Waals surface area (Å²) in [5, 5.41) is 0. The molecule has 1 fully saturated rings. The van der Waals surface area contributed by atoms with E-state index in [4.69, 9.17) is 10.5 Å². The lowest BCUT2D eigenvalue weighted by molar-refractivity contribution is -0.132. The fourth-order valence-corrected chi connectivity index (χ4v) is 1.98. The van der Waals surface area contributed by atoms with Crippen LogP contribution in [0.3, 0.4) is 0 Å². The lowest BCUT2D eigenvalue weighted by Gasteiger charge is -2.14. The second-order valence-electron chi connectivity index (χ2n) is 4.36. The maximum Gasteiger partial charge on any atom is 0.237 e. The highest BCUT2D eigenvalue weighted by Gasteiger charge is 2.30. The molecule has 0 spiro atoms. The standard InChI is InChI=1S/C13H16N2O3/c14-12(16)8-15-7-11(6-13(15)17)18-9-10-4-2-1-3-5-10/h1-5,11H,6-9H2,(H2,14,16). The zero-order valence-corrected chi connectivity index (χ0v) is 10.0. The Morgan fingerprint density at radius 3 is 2.78 bits per heavy atom. The number of primary amides is 1. The first-order chi connectivity index (χ1) is 8.65. The fraction of sp³-hybridized carbons (Fsp3) is 0.385. The van der Waals surface area contributed by atoms with Gasteiger partial charge < -0.3 is 15.4 Å². The summed E-state index contributed by atoms with van der Waals surface area (Å²) in [6, 6.07) is 9.77. The summed E-state index contributed by atoms with van der Waals surface area (Å²) in [6.45, 7) is 0.891. The zero-order chi connectivity index (χ0) is 13.0. The minimum Gasteiger partial charge on any atom is -0.371 e. The molecule has 0 saturated carbocycles. The highest BCUT2D eigenvalue weighted by molar-refractivity contribution is 5.85. The van der Waals surface area contributed by atoms with Gasteiger partial charge in [0.2, 0.25) is 11.8 Å². The summed E-state index contributed by atoms with van der Waals surface area (Å²) in [6.07, 6.45) is 0.164. The monoisotopic (exact) mass is 248 g/mol. The molecule has 1 aliphatic heterocycles. The van der Waals surface area contributed by atoms with E-state index in [-0.39, 0.29) is 18.6 Å². The molecule has 0 aliphatic carbocycles. The van der Waals surface area contributed by atoms with Crippen LogP contribution in [0.5, 0.6) is 0 Å². The van der Waals surface area contributed by atoms with Gasteiger partial charge in [0.1, 0.15) is 0 Å². The van der Waals surface area contributed by atoms with E-state index in [1.54, 1.807) is 0 Å². The predicted molar refractivity (Wildman–Crippen MR) is 65.4 cm³/mol. The summed E-state index contributed by atoms with van der Waals surface area (Å²) in [5.74, 6) is -0.570. The third kappa shape index (κ3) is 3.30. The van der Waals surface area contributed by atoms with E-state index in [1.165, 1.54) is 4.90 Å². The van der Waals surface area contributed by atoms with Gasteiger partial charge in [-0.3, -0.25) is 9.59 Å². The maximum atomic E-state index is 11.6. The SMILES string of the molecule is NC(=O)CN1CC(OCc2ccccc2)CC1=O. The topological polar surface area (TPSA) is 72.6 Å². The molecule has 1 saturated heterocycles. The minimum atomic E-state index is -0.493. The average Bonchev–Trinajstić information content (AvgIpc) is 2.68. The average molecular weight is 248 g/mol. The largest absolute Gasteiger partial charge is 0.371 e. The number of carbonyl (C=O) groups is 2. The van der Waals surface area contributed by atoms with Crippen molar-refractivity contribution >= 4 is 11.8 Å². The molecule has 1 atom stereocenters. The van der Waals surface area contributed by atoms with Gasteiger partial charge in [-0.2, -0.15) is 0 Å². The molecule has 1 unspecified atom stereocenters. The molecule has 1 heterocycles. The number of rotatable bonds is 5. The van der Waals surface area contributed by atoms with E-state index in [0.29, 0.717) is 19.6 Å². The van der Waals surface area contributed by atoms with E-state index in [9.17, 15) is 9.59 Å². The molecule has 2 amide bonds. The van der Waals surface area contributed by atoms with Gasteiger partial charge in [-0.15, -0.1) is 0 Å². The van der Waals surface area contributed by atoms with Crippen molar-refractivity contribution in [2.75, 3.05) is 13.1 Å². The highest BCUT2D eigenvalue weighted by Crippen LogP contribution is 2.15. The molecular weight excluding hydrogens is 232 g/mol. The number of hydrogen-bond donors (Lipinski definition) is 1. The summed E-state index contributed by atoms with van der Waals surface area (Å²) in [5.41, 5.74) is 6.14. The molecule has 96 valence electrons. The summed E-state index contributed by atoms with van der Waals surface area (Å²) < 4.78 is 5.66. The summed E-state index contributed by atoms with van der Waals surface area (Å²) in [4.78, 5) is 23.8. The van der Waals surface area contributed by atoms with Gasteiger partial charge in [0.05, 0.1) is 25.7 Å². The van der Waals surface area contributed by atoms with Crippen LogP contribution in [0.1, 0.15) is 12.0 Å². The van der Waals surface area contributed by atoms with Crippen LogP contribution in [0.2, 0.25) is 0 Å². The highest BCUT2D eigenvalue weighted by atomic mass is 16.5. The van der Waals surface area contributed by atoms with Crippen molar-refractivity contribution in [3.63, 3.8) is 0 Å². The molecule has 1 aromatic carbocycles. The van der Waals surface area contributed by atoms with Crippen molar-refractivity contribution in [3.8, 4) is 0 Å². The van der Waals surface area contributed by atoms with E-state index < -0.39 is 5.91 Å². The number of likely N-dealkylation sites (tertiary alicyclic amines) is 1. The molecule has 0 bridgehead atoms. The Bertz CT molecular complexity index is 433. The lowest BCUT2D eigenvalue weighted by atomic mass is 10.2. The molecule has 2 N–H and O–H groups in total. The van der Waals surface area contributed by atoms with Gasteiger partial charge in [0, 0.05) is 6.54 Å². The zero-order valence-electron chi connectivity index (χ0n) is 10.0. The van der Waals surface area contributed by atoms with Crippen LogP contribution in [0.4, 0.5) is 0 Å². The van der Waals surface area contributed by atoms with Crippen LogP contribution in [-0.4, -0.2) is 35.9 Å². The van der Waals surface area contributed by atoms with Gasteiger partial charge in [0.15, 0.2) is 0 Å². The normalized spacial score (nSPS) is 19.2. The summed E-state index contributed by atoms with van der Waals surface area (Å²) in [7, 11) is 0. The van der Waals surface area contributed by atoms with E-state index >= 15 is 0 Å². The van der Waals surface area contributed by atoms with Crippen LogP contribution in [0.25, 0.3) is 0 Å². The van der Waals surface area contributed by atoms with Gasteiger partial charge in [-0.05, 0) is 5.56 Å². The quantitative estimate of drug-likeness (QED) is 0.814. The lowest BCUT2D eigenvalue weighted by Crippen LogP contribution is -2.35. The van der Waals surface area contributed by atoms with E-state index in [0.717, 1.165) is 5.56 Å². The molecule has 1 aliphatic rings. The molecule has 0 aromatic heterocycles. The number of amides is 2. The second-order valence-corrected chi connectivity index (χ2v) is 4.36. The van der Waals surface area contributed by atoms with Crippen LogP contribution in [-0.2, 0) is 20.9 Å². The Balaban J connectivity index is 1.82. The number of hydrogen-bond acceptors (Lipinski definition) is 3. The first-order valence-electron chi connectivity index (χ1n) is 5.87. The van der Waals surface area contributed by atoms with Crippen LogP contribution in [0, 0.1) is 0 Å². The number of nitrogens with zero attached hydrogens (tertiary/aromatic N) is 1. The van der Waals surface area contributed by atoms with Crippen LogP contribution in [0.15, 0.2) is 30.3 Å². The third-order valence-electron chi connectivity index (χ3n) is 2.85. The maximum absolute atomic E-state index is 11.6. The molecule has 5 heteroatoms. The Kier molecular flexibility index (Phi) is 3.94. The molecule has 5 nitrogen and oxygen atoms in total. The Hall–Kier alpha value is -1.88. The van der Waals surface area contributed by atoms with Crippen LogP contribution >= 0.6 is 0 Å². The van der Waals surface area contributed by atoms with Crippen LogP contribution < -0.4 is 5.73 Å². The Morgan fingerprint density at radius 1 is 1.39 bits per heavy atom. The number of ether oxygens (including phenoxy) is 1. The number of benzene rings is 1. The smallest absolute Gasteiger partial charge is 0.237 e. The predicted octanol–water partition coefficient (Wildman–Crippen LogP) is 0.289. The Labute approximate surface area is 106 Å². The van der Waals surface area contributed by atoms with Crippen molar-refractivity contribution < 1.29 is 14.3 Å². The molecule has 0 radical (unpaired) electrons. The van der Waals surface area contributed by atoms with Gasteiger partial charge in [-0.1, -0.05) is 30.3 Å². The summed E-state index contributed by atoms with van der Waals surface area (Å²) >= 11 is 0. The second kappa shape index (κ2) is 5.64. The van der Waals surface area contributed by atoms with Gasteiger partial charge in [0.25, 0.3) is 0 Å². The number of carbonyl (C=O) groups excluding carboxylic acids is 2. The first-order valence-corrected chi connectivity index (χ1v) is 5.87. The molecule has 1 aromatic rings. The van der Waals surface area contributed by atoms with Crippen molar-refractivity contribution in [1.82, 2.24) is 4.90 Å². The molecular formula is C13H16N2O3. The van der Waals surface area contributed by atoms with Gasteiger partial charge in [-0.25, -0.2) is 0 Å². The fourth-order valence-electron chi connectivity index (χ4n) is 1.98. The third-order valence-corrected chi connectivity index (χ3v) is 2.85. The number of nitrogens with two attached hydrogens (primary N) is 1. The molecule has 18 heavy (non-hydrogen) atoms. The van der Waals surface area contributed by atoms with Crippen molar-refractivity contribution in [1.29, 1.82) is 0 Å². The van der Waals surface area contributed by atoms with E-state index in [2.05, 4.69) is 0 Å². The van der Waals surface area contributed by atoms with Gasteiger partial charge >= 0.3 is 0 Å². The molecule has 2 rings (SSSR count). The first kappa shape index (κ1) is 12.6. The van der Waals surface area contributed by atoms with Crippen molar-refractivity contribution in [2.45, 2.75) is 19.1 Å². The minimum absolute atomic E-state index is 0.0238. The van der Waals surface area contributed by atoms with Crippen molar-refractivity contribution in [2.24, 2.45) is 5.73 Å². The van der Waals surface area contributed by atoms with E-state index in [1.807, 2.05) is 30.3 Å². The Morgan fingerprint density at radius 2 is 2.11 bits per heavy atom.